The van der Waals surface area contributed by atoms with E-state index >= 15 is 0 Å². The highest BCUT2D eigenvalue weighted by Crippen LogP contribution is 2.44. The molecule has 3 N–H and O–H groups in total. The second kappa shape index (κ2) is 39.9. The molecule has 0 aliphatic heterocycles. The molecule has 0 aliphatic carbocycles. The Balaban J connectivity index is 0.000000189. The molecule has 0 saturated heterocycles. The van der Waals surface area contributed by atoms with Crippen LogP contribution in [0.1, 0.15) is 76.6 Å². The van der Waals surface area contributed by atoms with Crippen molar-refractivity contribution >= 4 is 93.7 Å². The van der Waals surface area contributed by atoms with Crippen molar-refractivity contribution in [3.8, 4) is 45.3 Å². The van der Waals surface area contributed by atoms with Crippen molar-refractivity contribution in [2.24, 2.45) is 0 Å². The molecule has 600 valence electrons. The molecule has 117 heavy (non-hydrogen) atoms. The van der Waals surface area contributed by atoms with E-state index in [4.69, 9.17) is 48.9 Å². The number of benzene rings is 10. The van der Waals surface area contributed by atoms with E-state index in [2.05, 4.69) is 192 Å². The molecule has 0 spiro atoms. The maximum atomic E-state index is 14.4. The fourth-order valence-electron chi connectivity index (χ4n) is 13.7. The van der Waals surface area contributed by atoms with Gasteiger partial charge in [0.05, 0.1) is 69.3 Å². The molecule has 2 amide bonds. The summed E-state index contributed by atoms with van der Waals surface area (Å²) in [5, 5.41) is 8.10. The minimum absolute atomic E-state index is 0.211. The molecule has 10 aromatic carbocycles. The van der Waals surface area contributed by atoms with Crippen molar-refractivity contribution in [1.29, 1.82) is 0 Å². The van der Waals surface area contributed by atoms with E-state index in [1.807, 2.05) is 188 Å². The summed E-state index contributed by atoms with van der Waals surface area (Å²) in [4.78, 5) is 39.7. The van der Waals surface area contributed by atoms with Gasteiger partial charge in [-0.25, -0.2) is 0 Å². The van der Waals surface area contributed by atoms with Crippen LogP contribution in [0.2, 0.25) is 39.3 Å². The molecule has 21 heteroatoms. The van der Waals surface area contributed by atoms with Gasteiger partial charge in [0.25, 0.3) is 11.8 Å². The summed E-state index contributed by atoms with van der Waals surface area (Å²) >= 11 is 13.2. The second-order valence-corrected chi connectivity index (χ2v) is 40.7. The van der Waals surface area contributed by atoms with E-state index in [0.717, 1.165) is 128 Å². The number of rotatable bonds is 31. The summed E-state index contributed by atoms with van der Waals surface area (Å²) in [6.45, 7) is 15.9. The average molecular weight is 1750 g/mol. The van der Waals surface area contributed by atoms with Gasteiger partial charge in [-0.05, 0) is 211 Å². The third-order valence-corrected chi connectivity index (χ3v) is 23.8. The Morgan fingerprint density at radius 2 is 0.812 bits per heavy atom. The normalized spacial score (nSPS) is 11.6. The molecular weight excluding hydrogens is 1650 g/mol. The molecule has 0 radical (unpaired) electrons. The summed E-state index contributed by atoms with van der Waals surface area (Å²) in [5.74, 6) is 3.12. The van der Waals surface area contributed by atoms with Gasteiger partial charge in [0.15, 0.2) is 16.6 Å². The maximum absolute atomic E-state index is 14.4. The summed E-state index contributed by atoms with van der Waals surface area (Å²) in [6.07, 6.45) is 7.19. The predicted molar refractivity (Wildman–Crippen MR) is 481 cm³/mol. The lowest BCUT2D eigenvalue weighted by Crippen LogP contribution is -2.37. The topological polar surface area (TPSA) is 179 Å². The Kier molecular flexibility index (Phi) is 29.2. The predicted octanol–water partition coefficient (Wildman–Crippen LogP) is 22.1. The number of nitrogens with one attached hydrogen (secondary N) is 3. The number of pyridine rings is 2. The Hall–Kier alpha value is -10.8. The molecule has 0 bridgehead atoms. The fourth-order valence-corrected chi connectivity index (χ4v) is 16.5. The zero-order chi connectivity index (χ0) is 82.5. The van der Waals surface area contributed by atoms with E-state index in [-0.39, 0.29) is 38.1 Å². The van der Waals surface area contributed by atoms with Crippen molar-refractivity contribution in [2.75, 3.05) is 54.7 Å². The lowest BCUT2D eigenvalue weighted by atomic mass is 9.80. The SMILES string of the molecule is COc1ccc(C(OCCNC(=O)c2[nH]c3cc(-c4cccnc4)ccc3c2Br)(c2ccccc2)c2ccc(OC)cc2)cc1.COc1ccc(C(OCCNC(=O)c2c(Br)c3ccc(-c4cccnc4)cc3n2Cc2ccc(CO[Si](C)(C)C)cc2)(c2ccccc2)c2ccc(OC)cc2)cc1.C[Si](C)(C)OCc1ccc(CCl)cc1. The van der Waals surface area contributed by atoms with Crippen molar-refractivity contribution in [3.63, 3.8) is 0 Å². The number of halogens is 3. The van der Waals surface area contributed by atoms with Crippen LogP contribution in [0.25, 0.3) is 44.1 Å². The smallest absolute Gasteiger partial charge is 0.269 e. The quantitative estimate of drug-likeness (QED) is 0.0162. The van der Waals surface area contributed by atoms with E-state index in [0.29, 0.717) is 34.9 Å². The van der Waals surface area contributed by atoms with Crippen LogP contribution in [0.5, 0.6) is 23.0 Å². The van der Waals surface area contributed by atoms with Crippen LogP contribution in [-0.4, -0.2) is 103 Å². The van der Waals surface area contributed by atoms with Crippen molar-refractivity contribution in [1.82, 2.24) is 30.2 Å². The molecule has 14 rings (SSSR count). The third-order valence-electron chi connectivity index (χ3n) is 19.8. The van der Waals surface area contributed by atoms with E-state index in [9.17, 15) is 9.59 Å². The summed E-state index contributed by atoms with van der Waals surface area (Å²) < 4.78 is 51.2. The first kappa shape index (κ1) is 85.6. The van der Waals surface area contributed by atoms with E-state index in [1.165, 1.54) is 5.56 Å². The number of carbonyl (C=O) groups excluding carboxylic acids is 2. The molecule has 0 unspecified atom stereocenters. The zero-order valence-electron chi connectivity index (χ0n) is 67.4. The molecule has 4 aromatic heterocycles. The van der Waals surface area contributed by atoms with Crippen LogP contribution >= 0.6 is 43.5 Å². The molecule has 0 fully saturated rings. The number of nitrogens with zero attached hydrogens (tertiary/aromatic N) is 3. The standard InChI is InChI=1S/C48H48BrN3O5Si.C37H32BrN3O4.C11H17ClOSi/c1-54-41-22-18-39(19-23-41)48(38-11-7-6-8-12-38,40-20-24-42(55-2)25-21-40)56-29-28-51-47(53)46-45(49)43-26-17-36(37-10-9-27-50-31-37)30-44(43)52(46)32-34-13-15-35(16-14-34)33-57-58(3,4)5;1-43-30-15-11-28(12-16-30)37(27-8-4-3-5-9-27,29-13-17-31(44-2)18-14-29)45-22-21-40-36(42)35-34(38)32-19-10-25(23-33(32)41-35)26-7-6-20-39-24-26;1-14(2,3)13-9-11-6-4-10(8-12)5-7-11/h6-27,30-31H,28-29,32-33H2,1-5H3,(H,51,53);3-20,23-24,41H,21-22H2,1-2H3,(H,40,42);4-7H,8-9H2,1-3H3. The lowest BCUT2D eigenvalue weighted by molar-refractivity contribution is 0.0147. The van der Waals surface area contributed by atoms with Crippen LogP contribution in [0.3, 0.4) is 0 Å². The first-order chi connectivity index (χ1) is 56.6. The Morgan fingerprint density at radius 3 is 1.21 bits per heavy atom. The van der Waals surface area contributed by atoms with Crippen LogP contribution in [0.4, 0.5) is 0 Å². The van der Waals surface area contributed by atoms with Crippen LogP contribution < -0.4 is 29.6 Å². The van der Waals surface area contributed by atoms with Gasteiger partial charge >= 0.3 is 0 Å². The van der Waals surface area contributed by atoms with E-state index < -0.39 is 27.8 Å². The third kappa shape index (κ3) is 21.3. The van der Waals surface area contributed by atoms with Gasteiger partial charge in [0, 0.05) is 77.7 Å². The Labute approximate surface area is 709 Å². The number of alkyl halides is 1. The summed E-state index contributed by atoms with van der Waals surface area (Å²) in [7, 11) is 3.56. The average Bonchev–Trinajstić information content (AvgIpc) is 1.65. The van der Waals surface area contributed by atoms with Crippen molar-refractivity contribution in [3.05, 3.63) is 368 Å². The van der Waals surface area contributed by atoms with Gasteiger partial charge in [-0.2, -0.15) is 0 Å². The number of amides is 2. The fraction of sp³-hybridized carbons (Fsp3) is 0.208. The molecular formula is C96H97Br2ClN6O10Si2. The molecule has 0 atom stereocenters. The summed E-state index contributed by atoms with van der Waals surface area (Å²) in [5.41, 5.74) is 15.0. The minimum Gasteiger partial charge on any atom is -0.497 e. The number of ether oxygens (including phenoxy) is 6. The largest absolute Gasteiger partial charge is 0.497 e. The van der Waals surface area contributed by atoms with Gasteiger partial charge < -0.3 is 57.5 Å². The first-order valence-electron chi connectivity index (χ1n) is 38.6. The van der Waals surface area contributed by atoms with E-state index in [1.54, 1.807) is 40.8 Å². The van der Waals surface area contributed by atoms with Crippen LogP contribution in [0, 0.1) is 0 Å². The zero-order valence-corrected chi connectivity index (χ0v) is 73.4. The highest BCUT2D eigenvalue weighted by molar-refractivity contribution is 9.11. The van der Waals surface area contributed by atoms with Gasteiger partial charge in [-0.1, -0.05) is 194 Å². The maximum Gasteiger partial charge on any atom is 0.269 e. The molecule has 0 aliphatic rings. The molecule has 0 saturated carbocycles. The number of carbonyl (C=O) groups is 2. The highest BCUT2D eigenvalue weighted by atomic mass is 79.9. The highest BCUT2D eigenvalue weighted by Gasteiger charge is 2.40. The molecule has 16 nitrogen and oxygen atoms in total. The van der Waals surface area contributed by atoms with Gasteiger partial charge in [0.1, 0.15) is 45.6 Å². The lowest BCUT2D eigenvalue weighted by Gasteiger charge is -2.36. The number of aromatic amines is 1. The monoisotopic (exact) mass is 1740 g/mol. The Bertz CT molecular complexity index is 5450. The first-order valence-corrected chi connectivity index (χ1v) is 47.5. The minimum atomic E-state index is -1.66. The number of hydrogen-bond donors (Lipinski definition) is 3. The number of aromatic nitrogens is 4. The second-order valence-electron chi connectivity index (χ2n) is 29.8. The van der Waals surface area contributed by atoms with Gasteiger partial charge in [-0.15, -0.1) is 11.6 Å². The Morgan fingerprint density at radius 1 is 0.427 bits per heavy atom. The number of hydrogen-bond acceptors (Lipinski definition) is 12. The van der Waals surface area contributed by atoms with Crippen LogP contribution in [0.15, 0.2) is 301 Å². The molecule has 4 heterocycles. The van der Waals surface area contributed by atoms with Crippen molar-refractivity contribution < 1.29 is 46.9 Å². The molecule has 14 aromatic rings. The van der Waals surface area contributed by atoms with Crippen LogP contribution in [-0.2, 0) is 55.2 Å². The van der Waals surface area contributed by atoms with Gasteiger partial charge in [0.2, 0.25) is 0 Å². The number of methoxy groups -OCH3 is 4. The number of fused-ring (bicyclic) bond motifs is 2. The van der Waals surface area contributed by atoms with Gasteiger partial charge in [-0.3, -0.25) is 19.6 Å². The number of H-pyrrole nitrogens is 1. The summed E-state index contributed by atoms with van der Waals surface area (Å²) in [6, 6.07) is 88.7. The van der Waals surface area contributed by atoms with Crippen molar-refractivity contribution in [2.45, 2.75) is 76.1 Å².